The van der Waals surface area contributed by atoms with Crippen LogP contribution in [0.2, 0.25) is 0 Å². The molecule has 1 aromatic rings. The fourth-order valence-electron chi connectivity index (χ4n) is 1.09. The van der Waals surface area contributed by atoms with Gasteiger partial charge in [-0.1, -0.05) is 20.8 Å². The van der Waals surface area contributed by atoms with Crippen molar-refractivity contribution in [2.75, 3.05) is 25.1 Å². The largest absolute Gasteiger partial charge is 0.478 e. The summed E-state index contributed by atoms with van der Waals surface area (Å²) in [5.41, 5.74) is -0.191. The molecule has 0 fully saturated rings. The SMILES string of the molecule is CCCOc1ccnc(NCC(C)(C)CO)n1. The molecule has 2 N–H and O–H groups in total. The van der Waals surface area contributed by atoms with E-state index in [-0.39, 0.29) is 12.0 Å². The monoisotopic (exact) mass is 239 g/mol. The Hall–Kier alpha value is -1.36. The summed E-state index contributed by atoms with van der Waals surface area (Å²) >= 11 is 0. The fourth-order valence-corrected chi connectivity index (χ4v) is 1.09. The van der Waals surface area contributed by atoms with Gasteiger partial charge in [0, 0.05) is 30.8 Å². The molecule has 0 radical (unpaired) electrons. The van der Waals surface area contributed by atoms with Crippen LogP contribution in [-0.2, 0) is 0 Å². The van der Waals surface area contributed by atoms with Gasteiger partial charge in [-0.25, -0.2) is 4.98 Å². The van der Waals surface area contributed by atoms with Crippen LogP contribution < -0.4 is 10.1 Å². The molecule has 96 valence electrons. The van der Waals surface area contributed by atoms with E-state index in [0.717, 1.165) is 6.42 Å². The Balaban J connectivity index is 2.53. The highest BCUT2D eigenvalue weighted by Gasteiger charge is 2.16. The Bertz CT molecular complexity index is 342. The number of hydrogen-bond acceptors (Lipinski definition) is 5. The lowest BCUT2D eigenvalue weighted by Crippen LogP contribution is -2.27. The quantitative estimate of drug-likeness (QED) is 0.758. The van der Waals surface area contributed by atoms with Crippen LogP contribution >= 0.6 is 0 Å². The van der Waals surface area contributed by atoms with E-state index in [4.69, 9.17) is 9.84 Å². The van der Waals surface area contributed by atoms with Gasteiger partial charge >= 0.3 is 0 Å². The highest BCUT2D eigenvalue weighted by molar-refractivity contribution is 5.27. The molecule has 0 aromatic carbocycles. The lowest BCUT2D eigenvalue weighted by molar-refractivity contribution is 0.170. The van der Waals surface area contributed by atoms with Crippen LogP contribution in [0.25, 0.3) is 0 Å². The number of aliphatic hydroxyl groups excluding tert-OH is 1. The first-order chi connectivity index (χ1) is 8.07. The summed E-state index contributed by atoms with van der Waals surface area (Å²) in [7, 11) is 0. The standard InChI is InChI=1S/C12H21N3O2/c1-4-7-17-10-5-6-13-11(15-10)14-8-12(2,3)9-16/h5-6,16H,4,7-9H2,1-3H3,(H,13,14,15). The van der Waals surface area contributed by atoms with Gasteiger partial charge in [0.15, 0.2) is 0 Å². The third kappa shape index (κ3) is 4.99. The van der Waals surface area contributed by atoms with Gasteiger partial charge in [0.25, 0.3) is 0 Å². The summed E-state index contributed by atoms with van der Waals surface area (Å²) in [6.45, 7) is 7.37. The van der Waals surface area contributed by atoms with Crippen molar-refractivity contribution in [1.82, 2.24) is 9.97 Å². The van der Waals surface area contributed by atoms with E-state index >= 15 is 0 Å². The summed E-state index contributed by atoms with van der Waals surface area (Å²) in [6, 6.07) is 1.73. The van der Waals surface area contributed by atoms with E-state index < -0.39 is 0 Å². The minimum atomic E-state index is -0.191. The van der Waals surface area contributed by atoms with Crippen LogP contribution in [-0.4, -0.2) is 34.8 Å². The van der Waals surface area contributed by atoms with Crippen molar-refractivity contribution in [2.24, 2.45) is 5.41 Å². The van der Waals surface area contributed by atoms with E-state index in [1.165, 1.54) is 0 Å². The molecule has 1 aromatic heterocycles. The Morgan fingerprint density at radius 3 is 2.88 bits per heavy atom. The van der Waals surface area contributed by atoms with E-state index in [2.05, 4.69) is 15.3 Å². The molecule has 0 spiro atoms. The first kappa shape index (κ1) is 13.7. The van der Waals surface area contributed by atoms with Crippen molar-refractivity contribution >= 4 is 5.95 Å². The third-order valence-corrected chi connectivity index (χ3v) is 2.24. The summed E-state index contributed by atoms with van der Waals surface area (Å²) in [5, 5.41) is 12.2. The van der Waals surface area contributed by atoms with Crippen molar-refractivity contribution in [2.45, 2.75) is 27.2 Å². The molecule has 5 heteroatoms. The number of ether oxygens (including phenoxy) is 1. The lowest BCUT2D eigenvalue weighted by Gasteiger charge is -2.21. The molecule has 0 aliphatic carbocycles. The van der Waals surface area contributed by atoms with E-state index in [1.807, 2.05) is 20.8 Å². The summed E-state index contributed by atoms with van der Waals surface area (Å²) in [5.74, 6) is 1.10. The molecule has 0 unspecified atom stereocenters. The molecule has 0 amide bonds. The Morgan fingerprint density at radius 1 is 1.47 bits per heavy atom. The van der Waals surface area contributed by atoms with Crippen LogP contribution in [0.4, 0.5) is 5.95 Å². The number of anilines is 1. The fraction of sp³-hybridized carbons (Fsp3) is 0.667. The number of aliphatic hydroxyl groups is 1. The van der Waals surface area contributed by atoms with Crippen molar-refractivity contribution in [3.63, 3.8) is 0 Å². The Morgan fingerprint density at radius 2 is 2.24 bits per heavy atom. The second kappa shape index (κ2) is 6.39. The van der Waals surface area contributed by atoms with Gasteiger partial charge in [-0.3, -0.25) is 0 Å². The van der Waals surface area contributed by atoms with Gasteiger partial charge in [-0.05, 0) is 6.42 Å². The molecule has 1 heterocycles. The maximum Gasteiger partial charge on any atom is 0.225 e. The minimum Gasteiger partial charge on any atom is -0.478 e. The zero-order chi connectivity index (χ0) is 12.7. The maximum atomic E-state index is 9.14. The van der Waals surface area contributed by atoms with E-state index in [1.54, 1.807) is 12.3 Å². The van der Waals surface area contributed by atoms with Gasteiger partial charge in [-0.2, -0.15) is 4.98 Å². The first-order valence-electron chi connectivity index (χ1n) is 5.88. The Labute approximate surface area is 102 Å². The van der Waals surface area contributed by atoms with Gasteiger partial charge in [0.1, 0.15) is 0 Å². The molecule has 0 saturated carbocycles. The number of aromatic nitrogens is 2. The summed E-state index contributed by atoms with van der Waals surface area (Å²) < 4.78 is 5.41. The van der Waals surface area contributed by atoms with Crippen molar-refractivity contribution in [1.29, 1.82) is 0 Å². The molecule has 17 heavy (non-hydrogen) atoms. The molecule has 0 aliphatic rings. The molecule has 0 aliphatic heterocycles. The minimum absolute atomic E-state index is 0.117. The highest BCUT2D eigenvalue weighted by Crippen LogP contribution is 2.15. The summed E-state index contributed by atoms with van der Waals surface area (Å²) in [6.07, 6.45) is 2.61. The number of hydrogen-bond donors (Lipinski definition) is 2. The first-order valence-corrected chi connectivity index (χ1v) is 5.88. The van der Waals surface area contributed by atoms with Gasteiger partial charge in [0.05, 0.1) is 6.61 Å². The van der Waals surface area contributed by atoms with E-state index in [0.29, 0.717) is 25.0 Å². The van der Waals surface area contributed by atoms with Crippen LogP contribution in [0.15, 0.2) is 12.3 Å². The highest BCUT2D eigenvalue weighted by atomic mass is 16.5. The maximum absolute atomic E-state index is 9.14. The van der Waals surface area contributed by atoms with Crippen molar-refractivity contribution in [3.8, 4) is 5.88 Å². The lowest BCUT2D eigenvalue weighted by atomic mass is 9.95. The molecular weight excluding hydrogens is 218 g/mol. The zero-order valence-electron chi connectivity index (χ0n) is 10.7. The van der Waals surface area contributed by atoms with Crippen LogP contribution in [0, 0.1) is 5.41 Å². The smallest absolute Gasteiger partial charge is 0.225 e. The molecule has 5 nitrogen and oxygen atoms in total. The van der Waals surface area contributed by atoms with Crippen LogP contribution in [0.5, 0.6) is 5.88 Å². The predicted octanol–water partition coefficient (Wildman–Crippen LogP) is 1.70. The Kier molecular flexibility index (Phi) is 5.15. The zero-order valence-corrected chi connectivity index (χ0v) is 10.7. The molecular formula is C12H21N3O2. The van der Waals surface area contributed by atoms with Gasteiger partial charge in [-0.15, -0.1) is 0 Å². The van der Waals surface area contributed by atoms with Gasteiger partial charge < -0.3 is 15.2 Å². The number of nitrogens with zero attached hydrogens (tertiary/aromatic N) is 2. The molecule has 0 saturated heterocycles. The number of nitrogens with one attached hydrogen (secondary N) is 1. The molecule has 1 rings (SSSR count). The van der Waals surface area contributed by atoms with Crippen molar-refractivity contribution in [3.05, 3.63) is 12.3 Å². The van der Waals surface area contributed by atoms with Crippen LogP contribution in [0.1, 0.15) is 27.2 Å². The summed E-state index contributed by atoms with van der Waals surface area (Å²) in [4.78, 5) is 8.32. The van der Waals surface area contributed by atoms with Crippen LogP contribution in [0.3, 0.4) is 0 Å². The normalized spacial score (nSPS) is 11.3. The second-order valence-corrected chi connectivity index (χ2v) is 4.74. The van der Waals surface area contributed by atoms with Gasteiger partial charge in [0.2, 0.25) is 11.8 Å². The average molecular weight is 239 g/mol. The second-order valence-electron chi connectivity index (χ2n) is 4.74. The van der Waals surface area contributed by atoms with Crippen molar-refractivity contribution < 1.29 is 9.84 Å². The molecule has 0 atom stereocenters. The van der Waals surface area contributed by atoms with E-state index in [9.17, 15) is 0 Å². The average Bonchev–Trinajstić information content (AvgIpc) is 2.35. The predicted molar refractivity (Wildman–Crippen MR) is 67.2 cm³/mol. The third-order valence-electron chi connectivity index (χ3n) is 2.24. The topological polar surface area (TPSA) is 67.3 Å². The molecule has 0 bridgehead atoms. The number of rotatable bonds is 7.